The van der Waals surface area contributed by atoms with Crippen LogP contribution in [0.3, 0.4) is 0 Å². The molecule has 0 fully saturated rings. The SMILES string of the molecule is CC(=O)c1cccc(OC(C)C(=O)NCCC2=CCCCC2)c1. The van der Waals surface area contributed by atoms with Crippen LogP contribution in [0.25, 0.3) is 0 Å². The lowest BCUT2D eigenvalue weighted by atomic mass is 9.97. The second-order valence-electron chi connectivity index (χ2n) is 5.99. The molecule has 0 aliphatic heterocycles. The van der Waals surface area contributed by atoms with E-state index in [2.05, 4.69) is 11.4 Å². The Balaban J connectivity index is 1.79. The molecule has 1 aliphatic carbocycles. The second kappa shape index (κ2) is 8.51. The summed E-state index contributed by atoms with van der Waals surface area (Å²) in [4.78, 5) is 23.5. The summed E-state index contributed by atoms with van der Waals surface area (Å²) in [5.74, 6) is 0.387. The van der Waals surface area contributed by atoms with E-state index in [0.29, 0.717) is 17.9 Å². The molecule has 0 bridgehead atoms. The number of ether oxygens (including phenoxy) is 1. The van der Waals surface area contributed by atoms with Crippen LogP contribution in [0, 0.1) is 0 Å². The number of nitrogens with one attached hydrogen (secondary N) is 1. The van der Waals surface area contributed by atoms with Crippen LogP contribution < -0.4 is 10.1 Å². The van der Waals surface area contributed by atoms with Gasteiger partial charge in [-0.3, -0.25) is 9.59 Å². The highest BCUT2D eigenvalue weighted by Gasteiger charge is 2.15. The predicted octanol–water partition coefficient (Wildman–Crippen LogP) is 3.66. The molecule has 0 aromatic heterocycles. The first-order valence-corrected chi connectivity index (χ1v) is 8.29. The molecule has 1 aromatic carbocycles. The summed E-state index contributed by atoms with van der Waals surface area (Å²) in [6, 6.07) is 6.91. The minimum absolute atomic E-state index is 0.0201. The monoisotopic (exact) mass is 315 g/mol. The smallest absolute Gasteiger partial charge is 0.260 e. The van der Waals surface area contributed by atoms with Crippen molar-refractivity contribution in [2.45, 2.75) is 52.1 Å². The number of hydrogen-bond acceptors (Lipinski definition) is 3. The fourth-order valence-electron chi connectivity index (χ4n) is 2.67. The topological polar surface area (TPSA) is 55.4 Å². The van der Waals surface area contributed by atoms with Gasteiger partial charge < -0.3 is 10.1 Å². The van der Waals surface area contributed by atoms with Gasteiger partial charge in [0.25, 0.3) is 5.91 Å². The van der Waals surface area contributed by atoms with E-state index >= 15 is 0 Å². The summed E-state index contributed by atoms with van der Waals surface area (Å²) < 4.78 is 5.63. The maximum atomic E-state index is 12.1. The first-order chi connectivity index (χ1) is 11.1. The summed E-state index contributed by atoms with van der Waals surface area (Å²) in [7, 11) is 0. The minimum atomic E-state index is -0.586. The summed E-state index contributed by atoms with van der Waals surface area (Å²) >= 11 is 0. The number of carbonyl (C=O) groups is 2. The standard InChI is InChI=1S/C19H25NO3/c1-14(21)17-9-6-10-18(13-17)23-15(2)19(22)20-12-11-16-7-4-3-5-8-16/h6-7,9-10,13,15H,3-5,8,11-12H2,1-2H3,(H,20,22). The number of hydrogen-bond donors (Lipinski definition) is 1. The van der Waals surface area contributed by atoms with Gasteiger partial charge >= 0.3 is 0 Å². The highest BCUT2D eigenvalue weighted by Crippen LogP contribution is 2.19. The van der Waals surface area contributed by atoms with Gasteiger partial charge in [0, 0.05) is 12.1 Å². The molecule has 23 heavy (non-hydrogen) atoms. The molecule has 124 valence electrons. The molecule has 1 atom stereocenters. The van der Waals surface area contributed by atoms with Crippen LogP contribution >= 0.6 is 0 Å². The van der Waals surface area contributed by atoms with Crippen molar-refractivity contribution in [3.8, 4) is 5.75 Å². The zero-order valence-corrected chi connectivity index (χ0v) is 13.9. The van der Waals surface area contributed by atoms with Crippen LogP contribution in [-0.2, 0) is 4.79 Å². The van der Waals surface area contributed by atoms with Crippen LogP contribution in [0.5, 0.6) is 5.75 Å². The van der Waals surface area contributed by atoms with E-state index in [1.165, 1.54) is 25.3 Å². The van der Waals surface area contributed by atoms with Gasteiger partial charge in [-0.05, 0) is 58.1 Å². The summed E-state index contributed by atoms with van der Waals surface area (Å²) in [5, 5.41) is 2.92. The molecule has 0 heterocycles. The van der Waals surface area contributed by atoms with E-state index in [9.17, 15) is 9.59 Å². The van der Waals surface area contributed by atoms with Gasteiger partial charge in [-0.25, -0.2) is 0 Å². The maximum absolute atomic E-state index is 12.1. The third-order valence-corrected chi connectivity index (χ3v) is 4.05. The van der Waals surface area contributed by atoms with Gasteiger partial charge in [0.1, 0.15) is 5.75 Å². The van der Waals surface area contributed by atoms with Crippen molar-refractivity contribution in [2.24, 2.45) is 0 Å². The third kappa shape index (κ3) is 5.55. The molecule has 1 aliphatic rings. The van der Waals surface area contributed by atoms with Crippen molar-refractivity contribution >= 4 is 11.7 Å². The van der Waals surface area contributed by atoms with E-state index < -0.39 is 6.10 Å². The Kier molecular flexibility index (Phi) is 6.39. The van der Waals surface area contributed by atoms with Crippen LogP contribution in [-0.4, -0.2) is 24.3 Å². The number of allylic oxidation sites excluding steroid dienone is 1. The number of benzene rings is 1. The van der Waals surface area contributed by atoms with Gasteiger partial charge in [0.2, 0.25) is 0 Å². The summed E-state index contributed by atoms with van der Waals surface area (Å²) in [5.41, 5.74) is 2.03. The molecule has 1 aromatic rings. The number of ketones is 1. The van der Waals surface area contributed by atoms with Crippen LogP contribution in [0.2, 0.25) is 0 Å². The van der Waals surface area contributed by atoms with Gasteiger partial charge in [-0.1, -0.05) is 23.8 Å². The van der Waals surface area contributed by atoms with Gasteiger partial charge in [-0.2, -0.15) is 0 Å². The van der Waals surface area contributed by atoms with Crippen molar-refractivity contribution in [3.05, 3.63) is 41.5 Å². The first-order valence-electron chi connectivity index (χ1n) is 8.29. The molecule has 4 nitrogen and oxygen atoms in total. The highest BCUT2D eigenvalue weighted by molar-refractivity contribution is 5.94. The molecule has 1 unspecified atom stereocenters. The molecule has 0 spiro atoms. The van der Waals surface area contributed by atoms with Crippen molar-refractivity contribution in [2.75, 3.05) is 6.54 Å². The quantitative estimate of drug-likeness (QED) is 0.617. The van der Waals surface area contributed by atoms with Crippen LogP contribution in [0.15, 0.2) is 35.9 Å². The number of Topliss-reactive ketones (excluding diaryl/α,β-unsaturated/α-hetero) is 1. The fraction of sp³-hybridized carbons (Fsp3) is 0.474. The summed E-state index contributed by atoms with van der Waals surface area (Å²) in [6.45, 7) is 3.87. The van der Waals surface area contributed by atoms with E-state index in [1.54, 1.807) is 31.2 Å². The number of rotatable bonds is 7. The normalized spacial score (nSPS) is 15.5. The van der Waals surface area contributed by atoms with E-state index in [4.69, 9.17) is 4.74 Å². The van der Waals surface area contributed by atoms with Crippen molar-refractivity contribution in [3.63, 3.8) is 0 Å². The third-order valence-electron chi connectivity index (χ3n) is 4.05. The Morgan fingerprint density at radius 3 is 2.83 bits per heavy atom. The van der Waals surface area contributed by atoms with Crippen molar-refractivity contribution in [1.29, 1.82) is 0 Å². The fourth-order valence-corrected chi connectivity index (χ4v) is 2.67. The van der Waals surface area contributed by atoms with Crippen molar-refractivity contribution < 1.29 is 14.3 Å². The van der Waals surface area contributed by atoms with Gasteiger partial charge in [0.05, 0.1) is 0 Å². The summed E-state index contributed by atoms with van der Waals surface area (Å²) in [6.07, 6.45) is 7.47. The molecule has 1 amide bonds. The van der Waals surface area contributed by atoms with Gasteiger partial charge in [0.15, 0.2) is 11.9 Å². The largest absolute Gasteiger partial charge is 0.481 e. The lowest BCUT2D eigenvalue weighted by Crippen LogP contribution is -2.37. The average molecular weight is 315 g/mol. The molecule has 4 heteroatoms. The highest BCUT2D eigenvalue weighted by atomic mass is 16.5. The Morgan fingerprint density at radius 1 is 1.30 bits per heavy atom. The average Bonchev–Trinajstić information content (AvgIpc) is 2.56. The van der Waals surface area contributed by atoms with Gasteiger partial charge in [-0.15, -0.1) is 0 Å². The van der Waals surface area contributed by atoms with Crippen LogP contribution in [0.4, 0.5) is 0 Å². The molecule has 0 saturated carbocycles. The lowest BCUT2D eigenvalue weighted by molar-refractivity contribution is -0.127. The Hall–Kier alpha value is -2.10. The molecule has 0 saturated heterocycles. The Bertz CT molecular complexity index is 592. The lowest BCUT2D eigenvalue weighted by Gasteiger charge is -2.16. The maximum Gasteiger partial charge on any atom is 0.260 e. The first kappa shape index (κ1) is 17.3. The zero-order chi connectivity index (χ0) is 16.7. The Morgan fingerprint density at radius 2 is 2.13 bits per heavy atom. The molecule has 0 radical (unpaired) electrons. The Labute approximate surface area is 137 Å². The minimum Gasteiger partial charge on any atom is -0.481 e. The van der Waals surface area contributed by atoms with E-state index in [1.807, 2.05) is 0 Å². The second-order valence-corrected chi connectivity index (χ2v) is 5.99. The van der Waals surface area contributed by atoms with E-state index in [0.717, 1.165) is 19.3 Å². The van der Waals surface area contributed by atoms with Crippen LogP contribution in [0.1, 0.15) is 56.3 Å². The molecule has 1 N–H and O–H groups in total. The molecular formula is C19H25NO3. The van der Waals surface area contributed by atoms with E-state index in [-0.39, 0.29) is 11.7 Å². The zero-order valence-electron chi connectivity index (χ0n) is 13.9. The predicted molar refractivity (Wildman–Crippen MR) is 90.7 cm³/mol. The molecular weight excluding hydrogens is 290 g/mol. The van der Waals surface area contributed by atoms with Crippen molar-refractivity contribution in [1.82, 2.24) is 5.32 Å². The number of carbonyl (C=O) groups excluding carboxylic acids is 2. The number of amides is 1. The molecule has 2 rings (SSSR count).